The molecule has 0 saturated heterocycles. The smallest absolute Gasteiger partial charge is 0.325 e. The summed E-state index contributed by atoms with van der Waals surface area (Å²) in [5, 5.41) is 10.8. The van der Waals surface area contributed by atoms with E-state index >= 15 is 0 Å². The van der Waals surface area contributed by atoms with Crippen molar-refractivity contribution in [3.05, 3.63) is 82.4 Å². The van der Waals surface area contributed by atoms with Crippen molar-refractivity contribution in [1.29, 1.82) is 0 Å². The van der Waals surface area contributed by atoms with Crippen molar-refractivity contribution in [2.75, 3.05) is 28.4 Å². The van der Waals surface area contributed by atoms with E-state index in [0.717, 1.165) is 11.1 Å². The predicted octanol–water partition coefficient (Wildman–Crippen LogP) is 6.06. The second kappa shape index (κ2) is 14.0. The summed E-state index contributed by atoms with van der Waals surface area (Å²) in [6.45, 7) is 2.37. The fourth-order valence-electron chi connectivity index (χ4n) is 4.31. The van der Waals surface area contributed by atoms with Gasteiger partial charge >= 0.3 is 5.97 Å². The van der Waals surface area contributed by atoms with Crippen molar-refractivity contribution in [2.24, 2.45) is 0 Å². The van der Waals surface area contributed by atoms with Crippen LogP contribution in [-0.4, -0.2) is 50.5 Å². The number of hydrogen-bond acceptors (Lipinski definition) is 6. The van der Waals surface area contributed by atoms with Gasteiger partial charge in [0.1, 0.15) is 6.04 Å². The standard InChI is InChI=1S/C28H32ClNO6.ClH/c1-18(13-19-9-11-23(33-2)25(14-19)35-4)30(17-20-10-12-24(34-3)26(15-20)36-5)27(28(31)32)21-7-6-8-22(29)16-21;/h6-12,14-16,18,27H,13,17H2,1-5H3,(H,31,32);1H/t18?,27-;/m1./s1. The Kier molecular flexibility index (Phi) is 11.4. The number of carbonyl (C=O) groups is 1. The van der Waals surface area contributed by atoms with Gasteiger partial charge in [-0.2, -0.15) is 0 Å². The third kappa shape index (κ3) is 7.44. The van der Waals surface area contributed by atoms with Crippen molar-refractivity contribution in [2.45, 2.75) is 32.0 Å². The van der Waals surface area contributed by atoms with Crippen molar-refractivity contribution in [3.63, 3.8) is 0 Å². The average molecular weight is 550 g/mol. The first-order valence-corrected chi connectivity index (χ1v) is 11.8. The maximum atomic E-state index is 12.6. The molecule has 0 aromatic heterocycles. The zero-order valence-corrected chi connectivity index (χ0v) is 23.1. The van der Waals surface area contributed by atoms with Crippen LogP contribution < -0.4 is 18.9 Å². The molecule has 0 aliphatic rings. The summed E-state index contributed by atoms with van der Waals surface area (Å²) < 4.78 is 21.6. The highest BCUT2D eigenvalue weighted by Gasteiger charge is 2.32. The molecule has 3 rings (SSSR count). The Morgan fingerprint density at radius 3 is 1.89 bits per heavy atom. The van der Waals surface area contributed by atoms with Crippen LogP contribution in [-0.2, 0) is 17.8 Å². The van der Waals surface area contributed by atoms with E-state index in [-0.39, 0.29) is 18.4 Å². The van der Waals surface area contributed by atoms with Gasteiger partial charge in [-0.25, -0.2) is 0 Å². The normalized spacial score (nSPS) is 12.3. The Labute approximate surface area is 229 Å². The average Bonchev–Trinajstić information content (AvgIpc) is 2.87. The van der Waals surface area contributed by atoms with E-state index in [1.807, 2.05) is 48.2 Å². The van der Waals surface area contributed by atoms with Gasteiger partial charge in [-0.15, -0.1) is 12.4 Å². The Morgan fingerprint density at radius 1 is 0.838 bits per heavy atom. The zero-order chi connectivity index (χ0) is 26.2. The molecule has 200 valence electrons. The number of nitrogens with zero attached hydrogens (tertiary/aromatic N) is 1. The quantitative estimate of drug-likeness (QED) is 0.294. The number of aliphatic carboxylic acids is 1. The fourth-order valence-corrected chi connectivity index (χ4v) is 4.51. The van der Waals surface area contributed by atoms with Crippen molar-refractivity contribution in [1.82, 2.24) is 4.90 Å². The molecule has 0 spiro atoms. The minimum absolute atomic E-state index is 0. The lowest BCUT2D eigenvalue weighted by molar-refractivity contribution is -0.145. The van der Waals surface area contributed by atoms with Crippen LogP contribution in [0.4, 0.5) is 0 Å². The van der Waals surface area contributed by atoms with E-state index in [4.69, 9.17) is 30.5 Å². The van der Waals surface area contributed by atoms with Gasteiger partial charge in [0.05, 0.1) is 28.4 Å². The van der Waals surface area contributed by atoms with E-state index in [1.54, 1.807) is 52.7 Å². The molecular weight excluding hydrogens is 517 g/mol. The summed E-state index contributed by atoms with van der Waals surface area (Å²) in [7, 11) is 6.33. The summed E-state index contributed by atoms with van der Waals surface area (Å²) in [6, 6.07) is 17.2. The van der Waals surface area contributed by atoms with E-state index in [0.29, 0.717) is 46.5 Å². The summed E-state index contributed by atoms with van der Waals surface area (Å²) in [5.74, 6) is 1.49. The number of ether oxygens (including phenoxy) is 4. The molecule has 1 N–H and O–H groups in total. The van der Waals surface area contributed by atoms with Crippen LogP contribution in [0.3, 0.4) is 0 Å². The van der Waals surface area contributed by atoms with Gasteiger partial charge in [0.15, 0.2) is 23.0 Å². The van der Waals surface area contributed by atoms with Gasteiger partial charge < -0.3 is 24.1 Å². The molecule has 0 saturated carbocycles. The summed E-state index contributed by atoms with van der Waals surface area (Å²) >= 11 is 6.24. The maximum absolute atomic E-state index is 12.6. The molecular formula is C28H33Cl2NO6. The van der Waals surface area contributed by atoms with E-state index in [2.05, 4.69) is 0 Å². The number of carboxylic acids is 1. The highest BCUT2D eigenvalue weighted by atomic mass is 35.5. The molecule has 3 aromatic rings. The maximum Gasteiger partial charge on any atom is 0.325 e. The largest absolute Gasteiger partial charge is 0.493 e. The lowest BCUT2D eigenvalue weighted by atomic mass is 9.98. The van der Waals surface area contributed by atoms with Gasteiger partial charge in [0, 0.05) is 17.6 Å². The molecule has 0 aliphatic carbocycles. The third-order valence-electron chi connectivity index (χ3n) is 6.09. The van der Waals surface area contributed by atoms with Gasteiger partial charge in [-0.3, -0.25) is 9.69 Å². The number of halogens is 2. The Hall–Kier alpha value is -3.13. The third-order valence-corrected chi connectivity index (χ3v) is 6.32. The van der Waals surface area contributed by atoms with Crippen LogP contribution >= 0.6 is 24.0 Å². The fraction of sp³-hybridized carbons (Fsp3) is 0.321. The molecule has 0 aliphatic heterocycles. The molecule has 3 aromatic carbocycles. The van der Waals surface area contributed by atoms with Crippen LogP contribution in [0.2, 0.25) is 5.02 Å². The Bertz CT molecular complexity index is 1190. The van der Waals surface area contributed by atoms with E-state index in [9.17, 15) is 9.90 Å². The molecule has 2 atom stereocenters. The number of carboxylic acid groups (broad SMARTS) is 1. The molecule has 0 bridgehead atoms. The van der Waals surface area contributed by atoms with Gasteiger partial charge in [-0.05, 0) is 66.4 Å². The summed E-state index contributed by atoms with van der Waals surface area (Å²) in [6.07, 6.45) is 0.581. The van der Waals surface area contributed by atoms with Gasteiger partial charge in [0.25, 0.3) is 0 Å². The molecule has 0 heterocycles. The molecule has 9 heteroatoms. The van der Waals surface area contributed by atoms with Crippen LogP contribution in [0.15, 0.2) is 60.7 Å². The lowest BCUT2D eigenvalue weighted by Crippen LogP contribution is -2.41. The molecule has 7 nitrogen and oxygen atoms in total. The Morgan fingerprint density at radius 2 is 1.38 bits per heavy atom. The van der Waals surface area contributed by atoms with Crippen LogP contribution in [0.25, 0.3) is 0 Å². The number of rotatable bonds is 12. The zero-order valence-electron chi connectivity index (χ0n) is 21.6. The first kappa shape index (κ1) is 30.1. The van der Waals surface area contributed by atoms with Crippen LogP contribution in [0.5, 0.6) is 23.0 Å². The highest BCUT2D eigenvalue weighted by molar-refractivity contribution is 6.30. The van der Waals surface area contributed by atoms with Crippen molar-refractivity contribution >= 4 is 30.0 Å². The molecule has 0 fully saturated rings. The minimum Gasteiger partial charge on any atom is -0.493 e. The molecule has 37 heavy (non-hydrogen) atoms. The van der Waals surface area contributed by atoms with Crippen molar-refractivity contribution < 1.29 is 28.8 Å². The SMILES string of the molecule is COc1ccc(CC(C)N(Cc2ccc(OC)c(OC)c2)[C@@H](C(=O)O)c2cccc(Cl)c2)cc1OC.Cl. The second-order valence-electron chi connectivity index (χ2n) is 8.40. The highest BCUT2D eigenvalue weighted by Crippen LogP contribution is 2.33. The van der Waals surface area contributed by atoms with E-state index in [1.165, 1.54) is 0 Å². The topological polar surface area (TPSA) is 77.5 Å². The van der Waals surface area contributed by atoms with Gasteiger partial charge in [0.2, 0.25) is 0 Å². The summed E-state index contributed by atoms with van der Waals surface area (Å²) in [4.78, 5) is 14.6. The first-order valence-electron chi connectivity index (χ1n) is 11.5. The first-order chi connectivity index (χ1) is 17.3. The number of benzene rings is 3. The van der Waals surface area contributed by atoms with Crippen LogP contribution in [0.1, 0.15) is 29.7 Å². The monoisotopic (exact) mass is 549 g/mol. The van der Waals surface area contributed by atoms with Gasteiger partial charge in [-0.1, -0.05) is 35.9 Å². The molecule has 1 unspecified atom stereocenters. The Balaban J connectivity index is 0.00000481. The number of methoxy groups -OCH3 is 4. The molecule has 0 radical (unpaired) electrons. The minimum atomic E-state index is -0.961. The number of hydrogen-bond donors (Lipinski definition) is 1. The van der Waals surface area contributed by atoms with E-state index < -0.39 is 12.0 Å². The summed E-state index contributed by atoms with van der Waals surface area (Å²) in [5.41, 5.74) is 2.49. The second-order valence-corrected chi connectivity index (χ2v) is 8.84. The van der Waals surface area contributed by atoms with Crippen LogP contribution in [0, 0.1) is 0 Å². The lowest BCUT2D eigenvalue weighted by Gasteiger charge is -2.35. The van der Waals surface area contributed by atoms with Crippen molar-refractivity contribution in [3.8, 4) is 23.0 Å². The predicted molar refractivity (Wildman–Crippen MR) is 147 cm³/mol. The molecule has 0 amide bonds.